The van der Waals surface area contributed by atoms with Gasteiger partial charge in [0, 0.05) is 17.1 Å². The predicted octanol–water partition coefficient (Wildman–Crippen LogP) is 5.08. The Labute approximate surface area is 182 Å². The molecule has 0 atom stereocenters. The van der Waals surface area contributed by atoms with Gasteiger partial charge in [0.2, 0.25) is 0 Å². The summed E-state index contributed by atoms with van der Waals surface area (Å²) in [6.45, 7) is 5.97. The maximum Gasteiger partial charge on any atom is 0.163 e. The first-order chi connectivity index (χ1) is 15.1. The minimum absolute atomic E-state index is 0.234. The molecule has 0 radical (unpaired) electrons. The average molecular weight is 425 g/mol. The molecular weight excluding hydrogens is 395 g/mol. The van der Waals surface area contributed by atoms with Gasteiger partial charge in [-0.25, -0.2) is 14.4 Å². The molecular formula is C24H29FN4O2. The summed E-state index contributed by atoms with van der Waals surface area (Å²) < 4.78 is 25.2. The molecule has 0 bridgehead atoms. The van der Waals surface area contributed by atoms with Crippen molar-refractivity contribution in [3.8, 4) is 11.5 Å². The van der Waals surface area contributed by atoms with Gasteiger partial charge in [-0.2, -0.15) is 0 Å². The number of unbranched alkanes of at least 4 members (excludes halogenated alkanes) is 1. The minimum Gasteiger partial charge on any atom is -0.493 e. The van der Waals surface area contributed by atoms with Gasteiger partial charge in [0.05, 0.1) is 19.2 Å². The van der Waals surface area contributed by atoms with E-state index in [9.17, 15) is 4.39 Å². The van der Waals surface area contributed by atoms with Crippen LogP contribution in [0.25, 0.3) is 10.9 Å². The Balaban J connectivity index is 1.46. The van der Waals surface area contributed by atoms with E-state index in [1.54, 1.807) is 26.2 Å². The van der Waals surface area contributed by atoms with Gasteiger partial charge < -0.3 is 19.7 Å². The Bertz CT molecular complexity index is 1040. The minimum atomic E-state index is -0.234. The van der Waals surface area contributed by atoms with Crippen molar-refractivity contribution in [3.63, 3.8) is 0 Å². The molecule has 164 valence electrons. The van der Waals surface area contributed by atoms with Gasteiger partial charge >= 0.3 is 0 Å². The van der Waals surface area contributed by atoms with Crippen LogP contribution in [0.1, 0.15) is 31.2 Å². The number of likely N-dealkylation sites (tertiary alicyclic amines) is 1. The highest BCUT2D eigenvalue weighted by Crippen LogP contribution is 2.35. The standard InChI is InChI=1S/C24H29FN4O2/c1-17-13-18(7-8-20(17)25)28-24-19-14-22(30-2)23(15-21(19)26-16-27-24)31-12-6-5-11-29-9-3-4-10-29/h7-8,13-16H,3-6,9-12H2,1-2H3,(H,26,27,28). The Kier molecular flexibility index (Phi) is 6.82. The van der Waals surface area contributed by atoms with E-state index in [0.717, 1.165) is 36.0 Å². The average Bonchev–Trinajstić information content (AvgIpc) is 3.29. The van der Waals surface area contributed by atoms with Crippen molar-refractivity contribution in [2.75, 3.05) is 38.7 Å². The summed E-state index contributed by atoms with van der Waals surface area (Å²) in [5, 5.41) is 4.06. The molecule has 1 aliphatic rings. The van der Waals surface area contributed by atoms with Crippen molar-refractivity contribution in [1.82, 2.24) is 14.9 Å². The van der Waals surface area contributed by atoms with Gasteiger partial charge in [-0.15, -0.1) is 0 Å². The molecule has 1 aromatic heterocycles. The quantitative estimate of drug-likeness (QED) is 0.483. The molecule has 7 heteroatoms. The van der Waals surface area contributed by atoms with Crippen LogP contribution < -0.4 is 14.8 Å². The van der Waals surface area contributed by atoms with Gasteiger partial charge in [-0.3, -0.25) is 0 Å². The summed E-state index contributed by atoms with van der Waals surface area (Å²) in [5.41, 5.74) is 2.08. The second kappa shape index (κ2) is 9.92. The molecule has 0 aliphatic carbocycles. The predicted molar refractivity (Wildman–Crippen MR) is 121 cm³/mol. The second-order valence-electron chi connectivity index (χ2n) is 7.94. The number of nitrogens with one attached hydrogen (secondary N) is 1. The number of fused-ring (bicyclic) bond motifs is 1. The third-order valence-electron chi connectivity index (χ3n) is 5.67. The molecule has 3 aromatic rings. The fourth-order valence-electron chi connectivity index (χ4n) is 3.92. The Morgan fingerprint density at radius 1 is 1.06 bits per heavy atom. The van der Waals surface area contributed by atoms with E-state index in [1.165, 1.54) is 38.3 Å². The van der Waals surface area contributed by atoms with Crippen LogP contribution in [-0.2, 0) is 0 Å². The van der Waals surface area contributed by atoms with E-state index in [0.29, 0.717) is 29.5 Å². The maximum absolute atomic E-state index is 13.6. The first kappa shape index (κ1) is 21.3. The highest BCUT2D eigenvalue weighted by atomic mass is 19.1. The number of anilines is 2. The third-order valence-corrected chi connectivity index (χ3v) is 5.67. The number of nitrogens with zero attached hydrogens (tertiary/aromatic N) is 3. The largest absolute Gasteiger partial charge is 0.493 e. The van der Waals surface area contributed by atoms with E-state index in [2.05, 4.69) is 20.2 Å². The Morgan fingerprint density at radius 2 is 1.90 bits per heavy atom. The van der Waals surface area contributed by atoms with E-state index in [4.69, 9.17) is 9.47 Å². The normalized spacial score (nSPS) is 14.2. The zero-order valence-electron chi connectivity index (χ0n) is 18.2. The summed E-state index contributed by atoms with van der Waals surface area (Å²) in [6.07, 6.45) is 6.28. The molecule has 0 amide bonds. The lowest BCUT2D eigenvalue weighted by molar-refractivity contribution is 0.269. The van der Waals surface area contributed by atoms with Crippen LogP contribution in [0, 0.1) is 12.7 Å². The van der Waals surface area contributed by atoms with Crippen molar-refractivity contribution in [2.45, 2.75) is 32.6 Å². The zero-order chi connectivity index (χ0) is 21.6. The molecule has 31 heavy (non-hydrogen) atoms. The summed E-state index contributed by atoms with van der Waals surface area (Å²) in [5.74, 6) is 1.71. The topological polar surface area (TPSA) is 59.5 Å². The summed E-state index contributed by atoms with van der Waals surface area (Å²) >= 11 is 0. The molecule has 1 fully saturated rings. The first-order valence-corrected chi connectivity index (χ1v) is 10.8. The van der Waals surface area contributed by atoms with Crippen molar-refractivity contribution < 1.29 is 13.9 Å². The van der Waals surface area contributed by atoms with E-state index >= 15 is 0 Å². The summed E-state index contributed by atoms with van der Waals surface area (Å²) in [7, 11) is 1.63. The van der Waals surface area contributed by atoms with Crippen LogP contribution >= 0.6 is 0 Å². The van der Waals surface area contributed by atoms with Crippen molar-refractivity contribution >= 4 is 22.4 Å². The molecule has 2 heterocycles. The number of aromatic nitrogens is 2. The van der Waals surface area contributed by atoms with Gasteiger partial charge in [0.15, 0.2) is 11.5 Å². The lowest BCUT2D eigenvalue weighted by Crippen LogP contribution is -2.20. The van der Waals surface area contributed by atoms with Gasteiger partial charge in [-0.1, -0.05) is 0 Å². The van der Waals surface area contributed by atoms with E-state index in [-0.39, 0.29) is 5.82 Å². The first-order valence-electron chi connectivity index (χ1n) is 10.8. The van der Waals surface area contributed by atoms with Crippen LogP contribution in [0.15, 0.2) is 36.7 Å². The van der Waals surface area contributed by atoms with E-state index < -0.39 is 0 Å². The number of benzene rings is 2. The molecule has 4 rings (SSSR count). The second-order valence-corrected chi connectivity index (χ2v) is 7.94. The number of hydrogen-bond acceptors (Lipinski definition) is 6. The number of methoxy groups -OCH3 is 1. The highest BCUT2D eigenvalue weighted by Gasteiger charge is 2.13. The monoisotopic (exact) mass is 424 g/mol. The number of ether oxygens (including phenoxy) is 2. The van der Waals surface area contributed by atoms with Crippen LogP contribution in [0.5, 0.6) is 11.5 Å². The molecule has 1 aliphatic heterocycles. The van der Waals surface area contributed by atoms with Gasteiger partial charge in [0.25, 0.3) is 0 Å². The smallest absolute Gasteiger partial charge is 0.163 e. The van der Waals surface area contributed by atoms with Crippen molar-refractivity contribution in [1.29, 1.82) is 0 Å². The molecule has 0 spiro atoms. The number of hydrogen-bond donors (Lipinski definition) is 1. The fraction of sp³-hybridized carbons (Fsp3) is 0.417. The highest BCUT2D eigenvalue weighted by molar-refractivity contribution is 5.93. The van der Waals surface area contributed by atoms with E-state index in [1.807, 2.05) is 12.1 Å². The SMILES string of the molecule is COc1cc2c(Nc3ccc(F)c(C)c3)ncnc2cc1OCCCCN1CCCC1. The Hall–Kier alpha value is -2.93. The molecule has 6 nitrogen and oxygen atoms in total. The van der Waals surface area contributed by atoms with Crippen LogP contribution in [0.4, 0.5) is 15.9 Å². The van der Waals surface area contributed by atoms with Crippen molar-refractivity contribution in [2.24, 2.45) is 0 Å². The van der Waals surface area contributed by atoms with Crippen LogP contribution in [0.3, 0.4) is 0 Å². The third kappa shape index (κ3) is 5.22. The van der Waals surface area contributed by atoms with Crippen molar-refractivity contribution in [3.05, 3.63) is 48.0 Å². The summed E-state index contributed by atoms with van der Waals surface area (Å²) in [4.78, 5) is 11.3. The zero-order valence-corrected chi connectivity index (χ0v) is 18.2. The number of halogens is 1. The number of rotatable bonds is 9. The Morgan fingerprint density at radius 3 is 2.68 bits per heavy atom. The number of aryl methyl sites for hydroxylation is 1. The van der Waals surface area contributed by atoms with Gasteiger partial charge in [0.1, 0.15) is 18.0 Å². The molecule has 1 saturated heterocycles. The fourth-order valence-corrected chi connectivity index (χ4v) is 3.92. The molecule has 0 unspecified atom stereocenters. The van der Waals surface area contributed by atoms with Crippen LogP contribution in [-0.4, -0.2) is 48.2 Å². The lowest BCUT2D eigenvalue weighted by atomic mass is 10.2. The summed E-state index contributed by atoms with van der Waals surface area (Å²) in [6, 6.07) is 8.65. The lowest BCUT2D eigenvalue weighted by Gasteiger charge is -2.15. The molecule has 0 saturated carbocycles. The van der Waals surface area contributed by atoms with Gasteiger partial charge in [-0.05, 0) is 82.1 Å². The molecule has 2 aromatic carbocycles. The van der Waals surface area contributed by atoms with Crippen LogP contribution in [0.2, 0.25) is 0 Å². The molecule has 1 N–H and O–H groups in total. The maximum atomic E-state index is 13.6.